The van der Waals surface area contributed by atoms with Gasteiger partial charge in [-0.2, -0.15) is 0 Å². The first-order valence-corrected chi connectivity index (χ1v) is 5.91. The highest BCUT2D eigenvalue weighted by atomic mass is 16.6. The Bertz CT molecular complexity index is 396. The molecule has 0 heterocycles. The van der Waals surface area contributed by atoms with Gasteiger partial charge in [-0.05, 0) is 31.0 Å². The molecule has 0 aliphatic heterocycles. The summed E-state index contributed by atoms with van der Waals surface area (Å²) in [6.07, 6.45) is 1.76. The average molecular weight is 253 g/mol. The second kappa shape index (κ2) is 7.62. The second-order valence-corrected chi connectivity index (χ2v) is 3.90. The molecule has 0 saturated carbocycles. The van der Waals surface area contributed by atoms with Crippen LogP contribution in [0.1, 0.15) is 12.0 Å². The summed E-state index contributed by atoms with van der Waals surface area (Å²) in [4.78, 5) is 10.2. The fraction of sp³-hybridized carbons (Fsp3) is 0.500. The number of benzene rings is 1. The van der Waals surface area contributed by atoms with E-state index in [1.807, 2.05) is 0 Å². The second-order valence-electron chi connectivity index (χ2n) is 3.90. The van der Waals surface area contributed by atoms with Crippen LogP contribution in [0.2, 0.25) is 0 Å². The fourth-order valence-electron chi connectivity index (χ4n) is 1.68. The van der Waals surface area contributed by atoms with Gasteiger partial charge in [0.1, 0.15) is 5.75 Å². The minimum Gasteiger partial charge on any atom is -0.496 e. The van der Waals surface area contributed by atoms with Crippen molar-refractivity contribution < 1.29 is 9.66 Å². The predicted octanol–water partition coefficient (Wildman–Crippen LogP) is 1.08. The van der Waals surface area contributed by atoms with E-state index in [0.717, 1.165) is 31.5 Å². The number of methoxy groups -OCH3 is 1. The molecule has 1 aromatic carbocycles. The van der Waals surface area contributed by atoms with Gasteiger partial charge in [0.05, 0.1) is 18.1 Å². The van der Waals surface area contributed by atoms with Crippen molar-refractivity contribution in [1.82, 2.24) is 5.32 Å². The number of nitrogens with two attached hydrogens (primary N) is 1. The maximum atomic E-state index is 10.6. The van der Waals surface area contributed by atoms with E-state index < -0.39 is 4.92 Å². The molecule has 0 aromatic heterocycles. The van der Waals surface area contributed by atoms with Gasteiger partial charge in [-0.15, -0.1) is 0 Å². The molecule has 0 bridgehead atoms. The summed E-state index contributed by atoms with van der Waals surface area (Å²) in [7, 11) is 1.52. The average Bonchev–Trinajstić information content (AvgIpc) is 2.38. The first-order chi connectivity index (χ1) is 8.69. The number of hydrogen-bond acceptors (Lipinski definition) is 5. The van der Waals surface area contributed by atoms with E-state index >= 15 is 0 Å². The molecule has 6 heteroatoms. The van der Waals surface area contributed by atoms with Crippen molar-refractivity contribution in [1.29, 1.82) is 0 Å². The molecule has 100 valence electrons. The number of rotatable bonds is 8. The van der Waals surface area contributed by atoms with Gasteiger partial charge < -0.3 is 15.8 Å². The first-order valence-electron chi connectivity index (χ1n) is 5.91. The zero-order valence-electron chi connectivity index (χ0n) is 10.5. The monoisotopic (exact) mass is 253 g/mol. The Morgan fingerprint density at radius 3 is 2.83 bits per heavy atom. The van der Waals surface area contributed by atoms with Crippen LogP contribution in [0.5, 0.6) is 5.75 Å². The number of aryl methyl sites for hydroxylation is 1. The van der Waals surface area contributed by atoms with E-state index in [2.05, 4.69) is 5.32 Å². The molecule has 0 amide bonds. The van der Waals surface area contributed by atoms with Crippen LogP contribution < -0.4 is 15.8 Å². The zero-order valence-corrected chi connectivity index (χ0v) is 10.5. The molecule has 0 unspecified atom stereocenters. The lowest BCUT2D eigenvalue weighted by molar-refractivity contribution is -0.384. The summed E-state index contributed by atoms with van der Waals surface area (Å²) in [5, 5.41) is 13.8. The number of ether oxygens (including phenoxy) is 1. The van der Waals surface area contributed by atoms with Crippen molar-refractivity contribution in [3.63, 3.8) is 0 Å². The van der Waals surface area contributed by atoms with Gasteiger partial charge in [0.15, 0.2) is 0 Å². The highest BCUT2D eigenvalue weighted by molar-refractivity contribution is 5.44. The van der Waals surface area contributed by atoms with Gasteiger partial charge in [0.25, 0.3) is 5.69 Å². The van der Waals surface area contributed by atoms with Gasteiger partial charge in [-0.1, -0.05) is 0 Å². The number of nitro benzene ring substituents is 1. The Kier molecular flexibility index (Phi) is 6.10. The number of nitrogens with one attached hydrogen (secondary N) is 1. The normalized spacial score (nSPS) is 10.3. The van der Waals surface area contributed by atoms with Crippen LogP contribution in [0.4, 0.5) is 5.69 Å². The third-order valence-corrected chi connectivity index (χ3v) is 2.60. The van der Waals surface area contributed by atoms with Crippen LogP contribution in [-0.4, -0.2) is 31.7 Å². The van der Waals surface area contributed by atoms with E-state index in [1.165, 1.54) is 19.2 Å². The summed E-state index contributed by atoms with van der Waals surface area (Å²) in [6, 6.07) is 4.72. The summed E-state index contributed by atoms with van der Waals surface area (Å²) >= 11 is 0. The van der Waals surface area contributed by atoms with E-state index in [9.17, 15) is 10.1 Å². The maximum absolute atomic E-state index is 10.6. The molecular formula is C12H19N3O3. The third kappa shape index (κ3) is 4.31. The van der Waals surface area contributed by atoms with Gasteiger partial charge in [-0.25, -0.2) is 0 Å². The van der Waals surface area contributed by atoms with Crippen molar-refractivity contribution in [2.75, 3.05) is 26.7 Å². The van der Waals surface area contributed by atoms with Gasteiger partial charge in [0, 0.05) is 19.2 Å². The van der Waals surface area contributed by atoms with Crippen molar-refractivity contribution in [3.8, 4) is 5.75 Å². The quantitative estimate of drug-likeness (QED) is 0.411. The van der Waals surface area contributed by atoms with Crippen LogP contribution in [0.25, 0.3) is 0 Å². The van der Waals surface area contributed by atoms with Gasteiger partial charge in [0.2, 0.25) is 0 Å². The van der Waals surface area contributed by atoms with Gasteiger partial charge >= 0.3 is 0 Å². The summed E-state index contributed by atoms with van der Waals surface area (Å²) in [6.45, 7) is 2.30. The lowest BCUT2D eigenvalue weighted by atomic mass is 10.1. The Labute approximate surface area is 106 Å². The van der Waals surface area contributed by atoms with Crippen LogP contribution >= 0.6 is 0 Å². The fourth-order valence-corrected chi connectivity index (χ4v) is 1.68. The molecule has 1 aromatic rings. The van der Waals surface area contributed by atoms with Crippen LogP contribution in [-0.2, 0) is 6.42 Å². The van der Waals surface area contributed by atoms with Crippen molar-refractivity contribution in [2.45, 2.75) is 12.8 Å². The first kappa shape index (κ1) is 14.4. The highest BCUT2D eigenvalue weighted by Gasteiger charge is 2.10. The Morgan fingerprint density at radius 1 is 1.44 bits per heavy atom. The Hall–Kier alpha value is -1.66. The van der Waals surface area contributed by atoms with Crippen molar-refractivity contribution >= 4 is 5.69 Å². The standard InChI is InChI=1S/C12H19N3O3/c1-18-12-9-11(15(16)17)5-4-10(12)3-2-7-14-8-6-13/h4-5,9,14H,2-3,6-8,13H2,1H3. The predicted molar refractivity (Wildman–Crippen MR) is 69.9 cm³/mol. The summed E-state index contributed by atoms with van der Waals surface area (Å²) in [5.41, 5.74) is 6.40. The molecule has 0 radical (unpaired) electrons. The van der Waals surface area contributed by atoms with E-state index in [4.69, 9.17) is 10.5 Å². The number of non-ortho nitro benzene ring substituents is 1. The lowest BCUT2D eigenvalue weighted by Crippen LogP contribution is -2.23. The van der Waals surface area contributed by atoms with E-state index in [0.29, 0.717) is 12.3 Å². The molecule has 1 rings (SSSR count). The third-order valence-electron chi connectivity index (χ3n) is 2.60. The highest BCUT2D eigenvalue weighted by Crippen LogP contribution is 2.25. The summed E-state index contributed by atoms with van der Waals surface area (Å²) in [5.74, 6) is 0.572. The minimum absolute atomic E-state index is 0.0526. The van der Waals surface area contributed by atoms with Crippen LogP contribution in [0.3, 0.4) is 0 Å². The Balaban J connectivity index is 2.57. The maximum Gasteiger partial charge on any atom is 0.273 e. The number of hydrogen-bond donors (Lipinski definition) is 2. The number of nitro groups is 1. The molecule has 0 spiro atoms. The molecular weight excluding hydrogens is 234 g/mol. The smallest absolute Gasteiger partial charge is 0.273 e. The molecule has 18 heavy (non-hydrogen) atoms. The molecule has 0 atom stereocenters. The van der Waals surface area contributed by atoms with Gasteiger partial charge in [-0.3, -0.25) is 10.1 Å². The molecule has 3 N–H and O–H groups in total. The van der Waals surface area contributed by atoms with Crippen molar-refractivity contribution in [3.05, 3.63) is 33.9 Å². The molecule has 0 saturated heterocycles. The minimum atomic E-state index is -0.422. The Morgan fingerprint density at radius 2 is 2.22 bits per heavy atom. The largest absolute Gasteiger partial charge is 0.496 e. The van der Waals surface area contributed by atoms with E-state index in [1.54, 1.807) is 6.07 Å². The molecule has 0 aliphatic carbocycles. The lowest BCUT2D eigenvalue weighted by Gasteiger charge is -2.08. The molecule has 0 aliphatic rings. The van der Waals surface area contributed by atoms with Crippen LogP contribution in [0, 0.1) is 10.1 Å². The topological polar surface area (TPSA) is 90.4 Å². The zero-order chi connectivity index (χ0) is 13.4. The summed E-state index contributed by atoms with van der Waals surface area (Å²) < 4.78 is 5.17. The SMILES string of the molecule is COc1cc([N+](=O)[O-])ccc1CCCNCCN. The molecule has 6 nitrogen and oxygen atoms in total. The number of nitrogens with zero attached hydrogens (tertiary/aromatic N) is 1. The van der Waals surface area contributed by atoms with E-state index in [-0.39, 0.29) is 5.69 Å². The van der Waals surface area contributed by atoms with Crippen LogP contribution in [0.15, 0.2) is 18.2 Å². The van der Waals surface area contributed by atoms with Crippen molar-refractivity contribution in [2.24, 2.45) is 5.73 Å². The molecule has 0 fully saturated rings.